The molecule has 2 fully saturated rings. The molecule has 1 heterocycles. The van der Waals surface area contributed by atoms with Crippen LogP contribution in [0, 0.1) is 5.41 Å². The fourth-order valence-corrected chi connectivity index (χ4v) is 5.12. The maximum Gasteiger partial charge on any atom is 0.417 e. The number of aryl methyl sites for hydroxylation is 1. The first-order valence-electron chi connectivity index (χ1n) is 10.9. The smallest absolute Gasteiger partial charge is 0.417 e. The van der Waals surface area contributed by atoms with Crippen LogP contribution in [0.25, 0.3) is 0 Å². The van der Waals surface area contributed by atoms with E-state index in [1.807, 2.05) is 6.92 Å². The van der Waals surface area contributed by atoms with Gasteiger partial charge in [0.1, 0.15) is 29.0 Å². The van der Waals surface area contributed by atoms with Crippen molar-refractivity contribution in [3.8, 4) is 11.5 Å². The number of alkyl halides is 3. The zero-order chi connectivity index (χ0) is 23.8. The van der Waals surface area contributed by atoms with Crippen molar-refractivity contribution in [1.82, 2.24) is 0 Å². The van der Waals surface area contributed by atoms with Crippen molar-refractivity contribution < 1.29 is 32.2 Å². The molecular weight excluding hydrogens is 457 g/mol. The number of halogens is 4. The number of hydrogen-bond donors (Lipinski definition) is 0. The molecule has 0 N–H and O–H groups in total. The summed E-state index contributed by atoms with van der Waals surface area (Å²) in [6, 6.07) is 8.26. The van der Waals surface area contributed by atoms with Gasteiger partial charge in [-0.1, -0.05) is 24.6 Å². The number of carbonyl (C=O) groups is 2. The van der Waals surface area contributed by atoms with E-state index in [1.54, 1.807) is 18.2 Å². The Labute approximate surface area is 195 Å². The maximum absolute atomic E-state index is 13.2. The van der Waals surface area contributed by atoms with Crippen LogP contribution in [-0.4, -0.2) is 24.8 Å². The molecule has 0 aromatic heterocycles. The lowest BCUT2D eigenvalue weighted by molar-refractivity contribution is -0.140. The summed E-state index contributed by atoms with van der Waals surface area (Å²) >= 11 is 5.79. The third-order valence-corrected chi connectivity index (χ3v) is 6.90. The van der Waals surface area contributed by atoms with Crippen LogP contribution in [0.3, 0.4) is 0 Å². The van der Waals surface area contributed by atoms with Crippen molar-refractivity contribution in [3.63, 3.8) is 0 Å². The average Bonchev–Trinajstić information content (AvgIpc) is 2.73. The lowest BCUT2D eigenvalue weighted by atomic mass is 9.63. The predicted octanol–water partition coefficient (Wildman–Crippen LogP) is 6.53. The first-order valence-corrected chi connectivity index (χ1v) is 11.3. The Hall–Kier alpha value is -2.38. The fraction of sp³-hybridized carbons (Fsp3) is 0.440. The highest BCUT2D eigenvalue weighted by atomic mass is 35.5. The zero-order valence-electron chi connectivity index (χ0n) is 18.1. The minimum atomic E-state index is -4.56. The van der Waals surface area contributed by atoms with Crippen LogP contribution in [0.4, 0.5) is 13.2 Å². The molecule has 1 aliphatic heterocycles. The summed E-state index contributed by atoms with van der Waals surface area (Å²) in [7, 11) is 0. The highest BCUT2D eigenvalue weighted by Crippen LogP contribution is 2.46. The van der Waals surface area contributed by atoms with Crippen molar-refractivity contribution in [2.24, 2.45) is 5.41 Å². The molecule has 2 aliphatic rings. The average molecular weight is 481 g/mol. The van der Waals surface area contributed by atoms with Gasteiger partial charge in [-0.3, -0.25) is 9.59 Å². The van der Waals surface area contributed by atoms with E-state index in [2.05, 4.69) is 0 Å². The van der Waals surface area contributed by atoms with E-state index in [0.29, 0.717) is 56.6 Å². The molecule has 0 amide bonds. The number of Topliss-reactive ketones (excluding diaryl/α,β-unsaturated/α-hetero) is 2. The molecule has 33 heavy (non-hydrogen) atoms. The molecule has 0 unspecified atom stereocenters. The van der Waals surface area contributed by atoms with Crippen LogP contribution in [0.1, 0.15) is 55.2 Å². The van der Waals surface area contributed by atoms with E-state index in [-0.39, 0.29) is 22.7 Å². The minimum Gasteiger partial charge on any atom is -0.457 e. The summed E-state index contributed by atoms with van der Waals surface area (Å²) in [6.45, 7) is 3.06. The van der Waals surface area contributed by atoms with E-state index in [9.17, 15) is 22.8 Å². The van der Waals surface area contributed by atoms with Gasteiger partial charge in [-0.25, -0.2) is 0 Å². The number of ketones is 2. The van der Waals surface area contributed by atoms with E-state index in [4.69, 9.17) is 21.1 Å². The standard InChI is InChI=1S/C25H24ClF3O4/c1-2-15-3-4-16(33-17-5-6-19(20(26)12-17)25(27,28)29)11-18(15)23-21(30)13-24(14-22(23)31)7-9-32-10-8-24/h3-6,11-12,23H,2,7-10,13-14H2,1H3. The molecule has 1 saturated carbocycles. The van der Waals surface area contributed by atoms with Crippen LogP contribution in [0.15, 0.2) is 36.4 Å². The van der Waals surface area contributed by atoms with Gasteiger partial charge in [0.05, 0.1) is 10.6 Å². The van der Waals surface area contributed by atoms with Gasteiger partial charge >= 0.3 is 6.18 Å². The minimum absolute atomic E-state index is 0.0995. The number of rotatable bonds is 4. The third kappa shape index (κ3) is 4.94. The quantitative estimate of drug-likeness (QED) is 0.467. The number of benzene rings is 2. The molecule has 176 valence electrons. The number of ether oxygens (including phenoxy) is 2. The Balaban J connectivity index is 1.61. The lowest BCUT2D eigenvalue weighted by Gasteiger charge is -2.41. The molecule has 4 nitrogen and oxygen atoms in total. The maximum atomic E-state index is 13.2. The monoisotopic (exact) mass is 480 g/mol. The largest absolute Gasteiger partial charge is 0.457 e. The van der Waals surface area contributed by atoms with E-state index >= 15 is 0 Å². The summed E-state index contributed by atoms with van der Waals surface area (Å²) in [5.41, 5.74) is 0.215. The number of hydrogen-bond acceptors (Lipinski definition) is 4. The molecule has 2 aromatic rings. The topological polar surface area (TPSA) is 52.6 Å². The highest BCUT2D eigenvalue weighted by molar-refractivity contribution is 6.31. The van der Waals surface area contributed by atoms with Crippen molar-refractivity contribution in [2.45, 2.75) is 51.1 Å². The predicted molar refractivity (Wildman–Crippen MR) is 117 cm³/mol. The van der Waals surface area contributed by atoms with Gasteiger partial charge in [0.25, 0.3) is 0 Å². The molecule has 0 radical (unpaired) electrons. The third-order valence-electron chi connectivity index (χ3n) is 6.59. The molecular formula is C25H24ClF3O4. The SMILES string of the molecule is CCc1ccc(Oc2ccc(C(F)(F)F)c(Cl)c2)cc1C1C(=O)CC2(CCOCC2)CC1=O. The zero-order valence-corrected chi connectivity index (χ0v) is 18.9. The van der Waals surface area contributed by atoms with Crippen molar-refractivity contribution in [1.29, 1.82) is 0 Å². The lowest BCUT2D eigenvalue weighted by Crippen LogP contribution is -2.42. The van der Waals surface area contributed by atoms with Crippen molar-refractivity contribution >= 4 is 23.2 Å². The normalized spacial score (nSPS) is 19.2. The number of carbonyl (C=O) groups excluding carboxylic acids is 2. The van der Waals surface area contributed by atoms with Gasteiger partial charge in [-0.15, -0.1) is 0 Å². The van der Waals surface area contributed by atoms with E-state index in [1.165, 1.54) is 6.07 Å². The molecule has 8 heteroatoms. The van der Waals surface area contributed by atoms with Crippen LogP contribution < -0.4 is 4.74 Å². The Bertz CT molecular complexity index is 1050. The summed E-state index contributed by atoms with van der Waals surface area (Å²) < 4.78 is 50.0. The van der Waals surface area contributed by atoms with Crippen LogP contribution in [0.2, 0.25) is 5.02 Å². The summed E-state index contributed by atoms with van der Waals surface area (Å²) in [5.74, 6) is -0.598. The Kier molecular flexibility index (Phi) is 6.56. The van der Waals surface area contributed by atoms with Gasteiger partial charge in [0, 0.05) is 32.1 Å². The second-order valence-corrected chi connectivity index (χ2v) is 9.19. The summed E-state index contributed by atoms with van der Waals surface area (Å²) in [4.78, 5) is 26.3. The summed E-state index contributed by atoms with van der Waals surface area (Å²) in [6.07, 6.45) is -1.84. The van der Waals surface area contributed by atoms with Crippen LogP contribution >= 0.6 is 11.6 Å². The first-order chi connectivity index (χ1) is 15.6. The Morgan fingerprint density at radius 1 is 1.03 bits per heavy atom. The molecule has 2 aromatic carbocycles. The van der Waals surface area contributed by atoms with Crippen molar-refractivity contribution in [3.05, 3.63) is 58.1 Å². The van der Waals surface area contributed by atoms with Gasteiger partial charge in [0.15, 0.2) is 0 Å². The first kappa shape index (κ1) is 23.8. The van der Waals surface area contributed by atoms with Crippen LogP contribution in [-0.2, 0) is 26.9 Å². The molecule has 1 spiro atoms. The van der Waals surface area contributed by atoms with E-state index < -0.39 is 22.7 Å². The highest BCUT2D eigenvalue weighted by Gasteiger charge is 2.46. The van der Waals surface area contributed by atoms with Crippen LogP contribution in [0.5, 0.6) is 11.5 Å². The van der Waals surface area contributed by atoms with Gasteiger partial charge in [-0.2, -0.15) is 13.2 Å². The second kappa shape index (κ2) is 9.11. The van der Waals surface area contributed by atoms with Gasteiger partial charge in [0.2, 0.25) is 0 Å². The fourth-order valence-electron chi connectivity index (χ4n) is 4.84. The second-order valence-electron chi connectivity index (χ2n) is 8.79. The van der Waals surface area contributed by atoms with E-state index in [0.717, 1.165) is 17.7 Å². The summed E-state index contributed by atoms with van der Waals surface area (Å²) in [5, 5.41) is -0.468. The Morgan fingerprint density at radius 2 is 1.64 bits per heavy atom. The Morgan fingerprint density at radius 3 is 2.21 bits per heavy atom. The molecule has 1 aliphatic carbocycles. The van der Waals surface area contributed by atoms with Gasteiger partial charge in [-0.05, 0) is 60.1 Å². The molecule has 1 saturated heterocycles. The molecule has 0 atom stereocenters. The molecule has 4 rings (SSSR count). The molecule has 0 bridgehead atoms. The van der Waals surface area contributed by atoms with Crippen molar-refractivity contribution in [2.75, 3.05) is 13.2 Å². The van der Waals surface area contributed by atoms with Gasteiger partial charge < -0.3 is 9.47 Å².